The molecule has 0 amide bonds. The Hall–Kier alpha value is 4.78. The van der Waals surface area contributed by atoms with Gasteiger partial charge in [0.1, 0.15) is 0 Å². The van der Waals surface area contributed by atoms with Crippen molar-refractivity contribution in [1.29, 1.82) is 0 Å². The van der Waals surface area contributed by atoms with E-state index in [9.17, 15) is 0 Å². The van der Waals surface area contributed by atoms with Gasteiger partial charge < -0.3 is 0 Å². The Kier molecular flexibility index (Phi) is 14.5. The first-order chi connectivity index (χ1) is 2.00. The minimum Gasteiger partial charge on any atom is 0 e. The van der Waals surface area contributed by atoms with Crippen molar-refractivity contribution in [2.45, 2.75) is 0 Å². The largest absolute Gasteiger partial charge is 0 e. The molecule has 0 atom stereocenters. The van der Waals surface area contributed by atoms with Crippen molar-refractivity contribution in [3.05, 3.63) is 0 Å². The maximum atomic E-state index is 2.57. The van der Waals surface area contributed by atoms with Crippen LogP contribution in [0.1, 0.15) is 0 Å². The van der Waals surface area contributed by atoms with Crippen LogP contribution in [0.15, 0.2) is 0 Å². The van der Waals surface area contributed by atoms with Crippen LogP contribution in [-0.2, 0) is 4.17 Å². The molecule has 0 saturated carbocycles. The van der Waals surface area contributed by atoms with E-state index in [0.29, 0.717) is 0 Å². The summed E-state index contributed by atoms with van der Waals surface area (Å²) >= 11 is 10.3. The van der Waals surface area contributed by atoms with Crippen molar-refractivity contribution < 1.29 is 4.17 Å². The Morgan fingerprint density at radius 2 is 0.833 bits per heavy atom. The molecule has 0 N–H and O–H groups in total. The van der Waals surface area contributed by atoms with E-state index in [1.165, 1.54) is 0 Å². The third kappa shape index (κ3) is 23.3. The minimum absolute atomic E-state index is 0. The van der Waals surface area contributed by atoms with Gasteiger partial charge in [-0.25, -0.2) is 0 Å². The summed E-state index contributed by atoms with van der Waals surface area (Å²) in [5.74, 6) is 0. The second-order valence-electron chi connectivity index (χ2n) is 0.606. The molecule has 0 aliphatic carbocycles. The normalized spacial score (nSPS) is 7.33. The van der Waals surface area contributed by atoms with Gasteiger partial charge in [-0.15, -0.1) is 0 Å². The fourth-order valence-corrected chi connectivity index (χ4v) is 0. The standard InChI is InChI=1S/Hg.4HI.Tl/h;4*1H;/q+4;;;;;/p-4. The summed E-state index contributed by atoms with van der Waals surface area (Å²) < 4.78 is -1.51. The van der Waals surface area contributed by atoms with E-state index < -0.39 is 4.17 Å². The molecule has 0 rings (SSSR count). The summed E-state index contributed by atoms with van der Waals surface area (Å²) in [6.07, 6.45) is 0. The van der Waals surface area contributed by atoms with Crippen molar-refractivity contribution >= 4 is 98.0 Å². The first-order valence-corrected chi connectivity index (χ1v) is 62.9. The summed E-state index contributed by atoms with van der Waals surface area (Å²) in [6, 6.07) is 0. The number of hydrogen-bond donors (Lipinski definition) is 0. The van der Waals surface area contributed by atoms with E-state index in [4.69, 9.17) is 0 Å². The van der Waals surface area contributed by atoms with E-state index in [2.05, 4.69) is 70.7 Å². The van der Waals surface area contributed by atoms with Gasteiger partial charge in [0.05, 0.1) is 0 Å². The maximum absolute atomic E-state index is 2.57. The molecule has 0 aromatic heterocycles. The van der Waals surface area contributed by atoms with E-state index in [0.717, 1.165) is 0 Å². The van der Waals surface area contributed by atoms with Gasteiger partial charge in [-0.3, -0.25) is 0 Å². The molecule has 0 unspecified atom stereocenters. The fraction of sp³-hybridized carbons (Fsp3) is 0. The van der Waals surface area contributed by atoms with Crippen molar-refractivity contribution in [3.8, 4) is 0 Å². The third-order valence-electron chi connectivity index (χ3n) is 0. The first-order valence-electron chi connectivity index (χ1n) is 1.07. The van der Waals surface area contributed by atoms with Crippen molar-refractivity contribution in [3.63, 3.8) is 0 Å². The predicted octanol–water partition coefficient (Wildman–Crippen LogP) is 3.16. The molecule has 0 fully saturated rings. The van der Waals surface area contributed by atoms with Crippen LogP contribution in [0.4, 0.5) is 0 Å². The van der Waals surface area contributed by atoms with Crippen LogP contribution >= 0.6 is 70.7 Å². The van der Waals surface area contributed by atoms with Crippen LogP contribution in [0.5, 0.6) is 0 Å². The van der Waals surface area contributed by atoms with Gasteiger partial charge in [0.25, 0.3) is 0 Å². The van der Waals surface area contributed by atoms with Gasteiger partial charge in [0, 0.05) is 27.3 Å². The minimum atomic E-state index is -1.51. The maximum Gasteiger partial charge on any atom is 0 e. The van der Waals surface area contributed by atoms with Crippen molar-refractivity contribution in [1.82, 2.24) is 0 Å². The molecule has 1 radical (unpaired) electrons. The van der Waals surface area contributed by atoms with Crippen molar-refractivity contribution in [2.75, 3.05) is 0 Å². The Bertz CT molecular complexity index is 23.0. The molecule has 33 valence electrons. The molecular weight excluding hydrogens is 913 g/mol. The molecule has 0 aromatic carbocycles. The van der Waals surface area contributed by atoms with Gasteiger partial charge >= 0.3 is 74.8 Å². The molecule has 0 aromatic rings. The molecule has 0 nitrogen and oxygen atoms in total. The smallest absolute Gasteiger partial charge is 0 e. The Morgan fingerprint density at radius 1 is 0.833 bits per heavy atom. The van der Waals surface area contributed by atoms with Gasteiger partial charge in [0.2, 0.25) is 0 Å². The Labute approximate surface area is 98.1 Å². The number of rotatable bonds is 0. The molecular formula is HgI4Tl. The second-order valence-corrected chi connectivity index (χ2v) is 239. The van der Waals surface area contributed by atoms with E-state index in [-0.39, 0.29) is 27.3 Å². The van der Waals surface area contributed by atoms with E-state index in [1.54, 1.807) is 0 Å². The quantitative estimate of drug-likeness (QED) is 0.259. The summed E-state index contributed by atoms with van der Waals surface area (Å²) in [4.78, 5) is 0. The summed E-state index contributed by atoms with van der Waals surface area (Å²) in [6.45, 7) is 0. The van der Waals surface area contributed by atoms with Crippen LogP contribution in [0.25, 0.3) is 0 Å². The molecule has 0 aliphatic heterocycles. The SMILES string of the molecule is [I][Hg]([I])([I])[I].[Tl]. The monoisotopic (exact) mass is 915 g/mol. The summed E-state index contributed by atoms with van der Waals surface area (Å²) in [7, 11) is 0. The first kappa shape index (κ1) is 13.4. The Balaban J connectivity index is 0. The molecule has 0 bridgehead atoms. The molecule has 0 heterocycles. The number of hydrogen-bond acceptors (Lipinski definition) is 0. The summed E-state index contributed by atoms with van der Waals surface area (Å²) in [5.41, 5.74) is 0. The second kappa shape index (κ2) is 6.49. The van der Waals surface area contributed by atoms with Crippen LogP contribution in [0.3, 0.4) is 0 Å². The zero-order valence-electron chi connectivity index (χ0n) is 2.80. The van der Waals surface area contributed by atoms with Gasteiger partial charge in [-0.05, 0) is 0 Å². The van der Waals surface area contributed by atoms with Crippen LogP contribution in [0, 0.1) is 0 Å². The molecule has 0 saturated heterocycles. The Morgan fingerprint density at radius 3 is 0.833 bits per heavy atom. The molecule has 0 spiro atoms. The van der Waals surface area contributed by atoms with E-state index >= 15 is 0 Å². The fourth-order valence-electron chi connectivity index (χ4n) is 0. The molecule has 6 heavy (non-hydrogen) atoms. The van der Waals surface area contributed by atoms with Crippen molar-refractivity contribution in [2.24, 2.45) is 0 Å². The molecule has 6 heteroatoms. The van der Waals surface area contributed by atoms with Crippen LogP contribution < -0.4 is 0 Å². The predicted molar refractivity (Wildman–Crippen MR) is 61.8 cm³/mol. The van der Waals surface area contributed by atoms with Gasteiger partial charge in [0.15, 0.2) is 0 Å². The average molecular weight is 913 g/mol. The summed E-state index contributed by atoms with van der Waals surface area (Å²) in [5, 5.41) is 0. The van der Waals surface area contributed by atoms with Crippen LogP contribution in [-0.4, -0.2) is 27.3 Å². The zero-order valence-corrected chi connectivity index (χ0v) is 21.4. The van der Waals surface area contributed by atoms with Crippen LogP contribution in [0.2, 0.25) is 0 Å². The third-order valence-corrected chi connectivity index (χ3v) is 0. The van der Waals surface area contributed by atoms with E-state index in [1.807, 2.05) is 0 Å². The molecule has 0 aliphatic rings. The topological polar surface area (TPSA) is 0 Å². The average Bonchev–Trinajstić information content (AvgIpc) is 0.722. The van der Waals surface area contributed by atoms with Gasteiger partial charge in [-0.1, -0.05) is 0 Å². The number of halogens is 4. The van der Waals surface area contributed by atoms with Gasteiger partial charge in [-0.2, -0.15) is 0 Å². The zero-order chi connectivity index (χ0) is 4.50.